The molecule has 1 heterocycles. The number of hydrogen-bond acceptors (Lipinski definition) is 5. The van der Waals surface area contributed by atoms with E-state index in [2.05, 4.69) is 25.9 Å². The maximum absolute atomic E-state index is 8.69. The van der Waals surface area contributed by atoms with E-state index < -0.39 is 0 Å². The first-order chi connectivity index (χ1) is 8.19. The predicted molar refractivity (Wildman–Crippen MR) is 65.4 cm³/mol. The van der Waals surface area contributed by atoms with Gasteiger partial charge in [0.05, 0.1) is 5.69 Å². The Hall–Kier alpha value is -2.13. The molecule has 0 atom stereocenters. The van der Waals surface area contributed by atoms with Gasteiger partial charge in [0, 0.05) is 10.7 Å². The lowest BCUT2D eigenvalue weighted by molar-refractivity contribution is 0.443. The molecule has 0 spiro atoms. The summed E-state index contributed by atoms with van der Waals surface area (Å²) in [5, 5.41) is 8.69. The first-order valence-electron chi connectivity index (χ1n) is 4.65. The van der Waals surface area contributed by atoms with Crippen LogP contribution in [0.3, 0.4) is 0 Å². The summed E-state index contributed by atoms with van der Waals surface area (Å²) in [5.74, 6) is 0.447. The Morgan fingerprint density at radius 3 is 2.88 bits per heavy atom. The molecule has 0 radical (unpaired) electrons. The van der Waals surface area contributed by atoms with Gasteiger partial charge in [0.1, 0.15) is 11.8 Å². The number of anilines is 1. The molecule has 17 heavy (non-hydrogen) atoms. The summed E-state index contributed by atoms with van der Waals surface area (Å²) in [5.41, 5.74) is 6.47. The van der Waals surface area contributed by atoms with Gasteiger partial charge in [-0.3, -0.25) is 0 Å². The minimum atomic E-state index is 0.0954. The fraction of sp³-hybridized carbons (Fsp3) is 0. The van der Waals surface area contributed by atoms with Crippen molar-refractivity contribution in [2.24, 2.45) is 0 Å². The highest BCUT2D eigenvalue weighted by molar-refractivity contribution is 9.10. The van der Waals surface area contributed by atoms with Crippen LogP contribution in [0.2, 0.25) is 0 Å². The normalized spacial score (nSPS) is 9.65. The van der Waals surface area contributed by atoms with Crippen molar-refractivity contribution in [2.45, 2.75) is 0 Å². The third-order valence-electron chi connectivity index (χ3n) is 1.92. The number of nitrogens with zero attached hydrogens (tertiary/aromatic N) is 3. The molecule has 0 saturated carbocycles. The number of rotatable bonds is 2. The first kappa shape index (κ1) is 11.4. The maximum atomic E-state index is 8.69. The third kappa shape index (κ3) is 2.71. The molecule has 2 aromatic rings. The molecule has 0 aliphatic heterocycles. The molecule has 0 fully saturated rings. The summed E-state index contributed by atoms with van der Waals surface area (Å²) in [6.45, 7) is 0. The zero-order valence-corrected chi connectivity index (χ0v) is 10.2. The molecule has 0 aliphatic rings. The molecule has 1 aromatic carbocycles. The van der Waals surface area contributed by atoms with Gasteiger partial charge in [0.2, 0.25) is 0 Å². The van der Waals surface area contributed by atoms with Crippen LogP contribution in [0.4, 0.5) is 5.69 Å². The third-order valence-corrected chi connectivity index (χ3v) is 2.41. The number of nitrogen functional groups attached to an aromatic ring is 1. The second-order valence-corrected chi connectivity index (χ2v) is 4.04. The minimum Gasteiger partial charge on any atom is -0.422 e. The van der Waals surface area contributed by atoms with Crippen molar-refractivity contribution in [1.82, 2.24) is 9.97 Å². The average Bonchev–Trinajstić information content (AvgIpc) is 2.33. The lowest BCUT2D eigenvalue weighted by Gasteiger charge is -2.06. The van der Waals surface area contributed by atoms with Crippen molar-refractivity contribution in [3.8, 4) is 17.8 Å². The van der Waals surface area contributed by atoms with Crippen molar-refractivity contribution in [3.63, 3.8) is 0 Å². The molecule has 1 aromatic heterocycles. The number of hydrogen-bond donors (Lipinski definition) is 1. The number of halogens is 1. The van der Waals surface area contributed by atoms with Crippen LogP contribution in [-0.2, 0) is 0 Å². The number of nitrogens with two attached hydrogens (primary N) is 1. The lowest BCUT2D eigenvalue weighted by Crippen LogP contribution is -1.96. The van der Waals surface area contributed by atoms with Gasteiger partial charge in [-0.05, 0) is 24.3 Å². The van der Waals surface area contributed by atoms with E-state index in [0.29, 0.717) is 11.4 Å². The molecule has 84 valence electrons. The standard InChI is InChI=1S/C11H7BrN4O/c12-7-1-2-10(9(14)5-7)17-11-15-4-3-8(6-13)16-11/h1-5H,14H2. The van der Waals surface area contributed by atoms with Crippen molar-refractivity contribution < 1.29 is 4.74 Å². The highest BCUT2D eigenvalue weighted by atomic mass is 79.9. The van der Waals surface area contributed by atoms with Crippen LogP contribution < -0.4 is 10.5 Å². The maximum Gasteiger partial charge on any atom is 0.323 e. The van der Waals surface area contributed by atoms with E-state index in [1.54, 1.807) is 18.2 Å². The van der Waals surface area contributed by atoms with Crippen molar-refractivity contribution >= 4 is 21.6 Å². The Kier molecular flexibility index (Phi) is 3.21. The van der Waals surface area contributed by atoms with Gasteiger partial charge in [-0.1, -0.05) is 15.9 Å². The van der Waals surface area contributed by atoms with E-state index in [9.17, 15) is 0 Å². The predicted octanol–water partition coefficient (Wildman–Crippen LogP) is 2.49. The average molecular weight is 291 g/mol. The summed E-state index contributed by atoms with van der Waals surface area (Å²) in [4.78, 5) is 7.78. The largest absolute Gasteiger partial charge is 0.422 e. The van der Waals surface area contributed by atoms with Crippen LogP contribution in [0.25, 0.3) is 0 Å². The second-order valence-electron chi connectivity index (χ2n) is 3.12. The van der Waals surface area contributed by atoms with E-state index in [0.717, 1.165) is 4.47 Å². The zero-order valence-electron chi connectivity index (χ0n) is 8.59. The molecular weight excluding hydrogens is 284 g/mol. The molecule has 6 heteroatoms. The Bertz CT molecular complexity index is 594. The number of benzene rings is 1. The van der Waals surface area contributed by atoms with E-state index in [1.165, 1.54) is 12.3 Å². The Morgan fingerprint density at radius 1 is 1.35 bits per heavy atom. The lowest BCUT2D eigenvalue weighted by atomic mass is 10.3. The Morgan fingerprint density at radius 2 is 2.18 bits per heavy atom. The highest BCUT2D eigenvalue weighted by Crippen LogP contribution is 2.28. The fourth-order valence-corrected chi connectivity index (χ4v) is 1.54. The monoisotopic (exact) mass is 290 g/mol. The quantitative estimate of drug-likeness (QED) is 0.859. The summed E-state index contributed by atoms with van der Waals surface area (Å²) in [7, 11) is 0. The van der Waals surface area contributed by atoms with Gasteiger partial charge < -0.3 is 10.5 Å². The van der Waals surface area contributed by atoms with Crippen molar-refractivity contribution in [3.05, 3.63) is 40.6 Å². The summed E-state index contributed by atoms with van der Waals surface area (Å²) < 4.78 is 6.24. The van der Waals surface area contributed by atoms with E-state index in [4.69, 9.17) is 15.7 Å². The molecule has 2 rings (SSSR count). The van der Waals surface area contributed by atoms with Crippen LogP contribution in [0.5, 0.6) is 11.8 Å². The van der Waals surface area contributed by atoms with Gasteiger partial charge in [-0.15, -0.1) is 0 Å². The van der Waals surface area contributed by atoms with Crippen LogP contribution in [-0.4, -0.2) is 9.97 Å². The molecule has 0 aliphatic carbocycles. The topological polar surface area (TPSA) is 84.8 Å². The zero-order chi connectivity index (χ0) is 12.3. The van der Waals surface area contributed by atoms with Gasteiger partial charge >= 0.3 is 6.01 Å². The minimum absolute atomic E-state index is 0.0954. The van der Waals surface area contributed by atoms with Gasteiger partial charge in [-0.25, -0.2) is 4.98 Å². The molecule has 2 N–H and O–H groups in total. The van der Waals surface area contributed by atoms with E-state index in [-0.39, 0.29) is 11.7 Å². The van der Waals surface area contributed by atoms with Gasteiger partial charge in [-0.2, -0.15) is 10.2 Å². The van der Waals surface area contributed by atoms with Crippen molar-refractivity contribution in [2.75, 3.05) is 5.73 Å². The summed E-state index contributed by atoms with van der Waals surface area (Å²) >= 11 is 3.29. The molecule has 5 nitrogen and oxygen atoms in total. The molecule has 0 unspecified atom stereocenters. The van der Waals surface area contributed by atoms with Gasteiger partial charge in [0.15, 0.2) is 5.75 Å². The Labute approximate surface area is 106 Å². The van der Waals surface area contributed by atoms with Gasteiger partial charge in [0.25, 0.3) is 0 Å². The van der Waals surface area contributed by atoms with Crippen molar-refractivity contribution in [1.29, 1.82) is 5.26 Å². The number of aromatic nitrogens is 2. The summed E-state index contributed by atoms with van der Waals surface area (Å²) in [6.07, 6.45) is 1.45. The molecular formula is C11H7BrN4O. The Balaban J connectivity index is 2.28. The van der Waals surface area contributed by atoms with Crippen LogP contribution in [0.15, 0.2) is 34.9 Å². The smallest absolute Gasteiger partial charge is 0.323 e. The van der Waals surface area contributed by atoms with E-state index in [1.807, 2.05) is 6.07 Å². The number of nitriles is 1. The van der Waals surface area contributed by atoms with E-state index >= 15 is 0 Å². The molecule has 0 saturated heterocycles. The molecule has 0 amide bonds. The van der Waals surface area contributed by atoms with Crippen LogP contribution in [0, 0.1) is 11.3 Å². The second kappa shape index (κ2) is 4.80. The first-order valence-corrected chi connectivity index (χ1v) is 5.44. The fourth-order valence-electron chi connectivity index (χ4n) is 1.16. The van der Waals surface area contributed by atoms with Crippen LogP contribution in [0.1, 0.15) is 5.69 Å². The highest BCUT2D eigenvalue weighted by Gasteiger charge is 2.05. The van der Waals surface area contributed by atoms with Crippen LogP contribution >= 0.6 is 15.9 Å². The SMILES string of the molecule is N#Cc1ccnc(Oc2ccc(Br)cc2N)n1. The number of ether oxygens (including phenoxy) is 1. The molecule has 0 bridgehead atoms. The summed E-state index contributed by atoms with van der Waals surface area (Å²) in [6, 6.07) is 8.70.